The fraction of sp³-hybridized carbons (Fsp3) is 0.625. The first kappa shape index (κ1) is 16.7. The molecule has 2 heterocycles. The summed E-state index contributed by atoms with van der Waals surface area (Å²) in [6.07, 6.45) is 1.35. The van der Waals surface area contributed by atoms with Crippen LogP contribution in [0.4, 0.5) is 5.69 Å². The van der Waals surface area contributed by atoms with Crippen molar-refractivity contribution in [3.8, 4) is 0 Å². The summed E-state index contributed by atoms with van der Waals surface area (Å²) in [5.74, 6) is 0. The monoisotopic (exact) mass is 340 g/mol. The van der Waals surface area contributed by atoms with Crippen molar-refractivity contribution in [2.24, 2.45) is 0 Å². The maximum absolute atomic E-state index is 11.9. The number of aliphatic hydroxyl groups excluding tert-OH is 1. The first-order chi connectivity index (χ1) is 10.9. The maximum atomic E-state index is 11.9. The van der Waals surface area contributed by atoms with Gasteiger partial charge >= 0.3 is 0 Å². The zero-order valence-electron chi connectivity index (χ0n) is 13.6. The summed E-state index contributed by atoms with van der Waals surface area (Å²) in [5, 5.41) is 10.5. The Hall–Kier alpha value is -1.15. The Morgan fingerprint density at radius 2 is 2.04 bits per heavy atom. The third-order valence-electron chi connectivity index (χ3n) is 4.53. The van der Waals surface area contributed by atoms with E-state index >= 15 is 0 Å². The van der Waals surface area contributed by atoms with Crippen molar-refractivity contribution >= 4 is 15.7 Å². The van der Waals surface area contributed by atoms with E-state index in [9.17, 15) is 13.5 Å². The van der Waals surface area contributed by atoms with Crippen molar-refractivity contribution in [3.63, 3.8) is 0 Å². The number of ether oxygens (including phenoxy) is 1. The summed E-state index contributed by atoms with van der Waals surface area (Å²) < 4.78 is 30.7. The Morgan fingerprint density at radius 1 is 1.35 bits per heavy atom. The van der Waals surface area contributed by atoms with Gasteiger partial charge in [0.25, 0.3) is 0 Å². The van der Waals surface area contributed by atoms with Crippen LogP contribution in [0.15, 0.2) is 18.2 Å². The van der Waals surface area contributed by atoms with Gasteiger partial charge in [-0.2, -0.15) is 0 Å². The van der Waals surface area contributed by atoms with E-state index in [4.69, 9.17) is 4.74 Å². The van der Waals surface area contributed by atoms with Gasteiger partial charge in [-0.15, -0.1) is 0 Å². The number of morpholine rings is 1. The maximum Gasteiger partial charge on any atom is 0.232 e. The van der Waals surface area contributed by atoms with Crippen molar-refractivity contribution in [1.29, 1.82) is 0 Å². The molecule has 0 unspecified atom stereocenters. The van der Waals surface area contributed by atoms with E-state index in [0.29, 0.717) is 26.2 Å². The summed E-state index contributed by atoms with van der Waals surface area (Å²) in [6, 6.07) is 5.52. The second-order valence-electron chi connectivity index (χ2n) is 6.43. The minimum atomic E-state index is -3.27. The highest BCUT2D eigenvalue weighted by Crippen LogP contribution is 2.35. The molecule has 128 valence electrons. The molecule has 0 radical (unpaired) electrons. The third kappa shape index (κ3) is 3.52. The molecule has 1 aromatic rings. The number of nitrogens with zero attached hydrogens (tertiary/aromatic N) is 2. The Bertz CT molecular complexity index is 671. The molecule has 1 N–H and O–H groups in total. The molecule has 6 nitrogen and oxygen atoms in total. The van der Waals surface area contributed by atoms with Crippen LogP contribution in [0.25, 0.3) is 0 Å². The quantitative estimate of drug-likeness (QED) is 0.876. The van der Waals surface area contributed by atoms with Crippen LogP contribution in [-0.4, -0.2) is 63.6 Å². The molecule has 1 fully saturated rings. The number of β-amino-alcohol motifs (C(OH)–C–C–N with tert-alkyl or cyclic N) is 1. The Labute approximate surface area is 137 Å². The van der Waals surface area contributed by atoms with Crippen LogP contribution in [0.3, 0.4) is 0 Å². The molecule has 7 heteroatoms. The Morgan fingerprint density at radius 3 is 2.70 bits per heavy atom. The summed E-state index contributed by atoms with van der Waals surface area (Å²) >= 11 is 0. The standard InChI is InChI=1S/C16H24N2O4S/c1-12-9-14-10-13(3-4-15(14)18(12)23(2,20)21)16(19)11-17-5-7-22-8-6-17/h3-4,10,12,16,19H,5-9,11H2,1-2H3/t12-,16+/m1/s1. The molecule has 0 aliphatic carbocycles. The van der Waals surface area contributed by atoms with E-state index in [-0.39, 0.29) is 6.04 Å². The van der Waals surface area contributed by atoms with Crippen LogP contribution in [0, 0.1) is 0 Å². The second kappa shape index (κ2) is 6.39. The molecule has 0 saturated carbocycles. The fourth-order valence-corrected chi connectivity index (χ4v) is 4.73. The van der Waals surface area contributed by atoms with Gasteiger partial charge in [-0.3, -0.25) is 9.21 Å². The van der Waals surface area contributed by atoms with Crippen LogP contribution in [0.1, 0.15) is 24.2 Å². The largest absolute Gasteiger partial charge is 0.387 e. The molecule has 2 atom stereocenters. The lowest BCUT2D eigenvalue weighted by atomic mass is 10.0. The molecule has 0 amide bonds. The van der Waals surface area contributed by atoms with Crippen molar-refractivity contribution in [1.82, 2.24) is 4.90 Å². The molecule has 0 bridgehead atoms. The van der Waals surface area contributed by atoms with E-state index in [1.165, 1.54) is 10.6 Å². The smallest absolute Gasteiger partial charge is 0.232 e. The lowest BCUT2D eigenvalue weighted by molar-refractivity contribution is 0.0143. The van der Waals surface area contributed by atoms with E-state index < -0.39 is 16.1 Å². The van der Waals surface area contributed by atoms with Gasteiger partial charge < -0.3 is 9.84 Å². The highest BCUT2D eigenvalue weighted by atomic mass is 32.2. The van der Waals surface area contributed by atoms with Crippen LogP contribution in [-0.2, 0) is 21.2 Å². The van der Waals surface area contributed by atoms with Crippen molar-refractivity contribution in [3.05, 3.63) is 29.3 Å². The molecule has 1 aromatic carbocycles. The van der Waals surface area contributed by atoms with Gasteiger partial charge in [0.05, 0.1) is 31.3 Å². The van der Waals surface area contributed by atoms with Crippen LogP contribution in [0.5, 0.6) is 0 Å². The van der Waals surface area contributed by atoms with E-state index in [0.717, 1.165) is 29.9 Å². The summed E-state index contributed by atoms with van der Waals surface area (Å²) in [6.45, 7) is 5.57. The lowest BCUT2D eigenvalue weighted by Gasteiger charge is -2.28. The number of hydrogen-bond donors (Lipinski definition) is 1. The van der Waals surface area contributed by atoms with Crippen molar-refractivity contribution in [2.45, 2.75) is 25.5 Å². The Balaban J connectivity index is 1.78. The van der Waals surface area contributed by atoms with Gasteiger partial charge in [-0.05, 0) is 30.5 Å². The zero-order valence-corrected chi connectivity index (χ0v) is 14.4. The van der Waals surface area contributed by atoms with Gasteiger partial charge in [0.1, 0.15) is 0 Å². The molecule has 1 saturated heterocycles. The van der Waals surface area contributed by atoms with Crippen molar-refractivity contribution in [2.75, 3.05) is 43.4 Å². The average Bonchev–Trinajstić information content (AvgIpc) is 2.82. The first-order valence-electron chi connectivity index (χ1n) is 7.96. The molecule has 2 aliphatic heterocycles. The van der Waals surface area contributed by atoms with Gasteiger partial charge in [-0.25, -0.2) is 8.42 Å². The van der Waals surface area contributed by atoms with E-state index in [1.54, 1.807) is 0 Å². The highest BCUT2D eigenvalue weighted by molar-refractivity contribution is 7.92. The van der Waals surface area contributed by atoms with E-state index in [2.05, 4.69) is 4.90 Å². The average molecular weight is 340 g/mol. The minimum absolute atomic E-state index is 0.0772. The second-order valence-corrected chi connectivity index (χ2v) is 8.29. The predicted molar refractivity (Wildman–Crippen MR) is 89.1 cm³/mol. The molecular weight excluding hydrogens is 316 g/mol. The highest BCUT2D eigenvalue weighted by Gasteiger charge is 2.32. The van der Waals surface area contributed by atoms with Gasteiger partial charge in [0, 0.05) is 25.7 Å². The molecule has 2 aliphatic rings. The number of sulfonamides is 1. The molecule has 0 spiro atoms. The van der Waals surface area contributed by atoms with Gasteiger partial charge in [0.2, 0.25) is 10.0 Å². The minimum Gasteiger partial charge on any atom is -0.387 e. The molecule has 0 aromatic heterocycles. The summed E-state index contributed by atoms with van der Waals surface area (Å²) in [5.41, 5.74) is 2.57. The molecule has 3 rings (SSSR count). The SMILES string of the molecule is C[C@@H]1Cc2cc([C@@H](O)CN3CCOCC3)ccc2N1S(C)(=O)=O. The number of hydrogen-bond acceptors (Lipinski definition) is 5. The topological polar surface area (TPSA) is 70.1 Å². The number of aliphatic hydroxyl groups is 1. The van der Waals surface area contributed by atoms with Crippen LogP contribution in [0.2, 0.25) is 0 Å². The predicted octanol–water partition coefficient (Wildman–Crippen LogP) is 0.763. The summed E-state index contributed by atoms with van der Waals surface area (Å²) in [7, 11) is -3.27. The zero-order chi connectivity index (χ0) is 16.6. The van der Waals surface area contributed by atoms with Crippen molar-refractivity contribution < 1.29 is 18.3 Å². The number of fused-ring (bicyclic) bond motifs is 1. The van der Waals surface area contributed by atoms with Crippen LogP contribution < -0.4 is 4.31 Å². The number of benzene rings is 1. The molecule has 23 heavy (non-hydrogen) atoms. The Kier molecular flexibility index (Phi) is 4.64. The van der Waals surface area contributed by atoms with E-state index in [1.807, 2.05) is 25.1 Å². The lowest BCUT2D eigenvalue weighted by Crippen LogP contribution is -2.38. The van der Waals surface area contributed by atoms with Gasteiger partial charge in [-0.1, -0.05) is 12.1 Å². The normalized spacial score (nSPS) is 23.8. The number of rotatable bonds is 4. The third-order valence-corrected chi connectivity index (χ3v) is 5.80. The summed E-state index contributed by atoms with van der Waals surface area (Å²) in [4.78, 5) is 2.19. The molecular formula is C16H24N2O4S. The van der Waals surface area contributed by atoms with Crippen LogP contribution >= 0.6 is 0 Å². The first-order valence-corrected chi connectivity index (χ1v) is 9.81. The number of anilines is 1. The fourth-order valence-electron chi connectivity index (χ4n) is 3.47. The van der Waals surface area contributed by atoms with Gasteiger partial charge in [0.15, 0.2) is 0 Å².